The van der Waals surface area contributed by atoms with Crippen LogP contribution < -0.4 is 10.1 Å². The van der Waals surface area contributed by atoms with Crippen LogP contribution in [-0.4, -0.2) is 19.1 Å². The zero-order chi connectivity index (χ0) is 13.4. The predicted octanol–water partition coefficient (Wildman–Crippen LogP) is 3.20. The highest BCUT2D eigenvalue weighted by atomic mass is 35.5. The first-order chi connectivity index (χ1) is 8.67. The second kappa shape index (κ2) is 7.98. The van der Waals surface area contributed by atoms with E-state index in [9.17, 15) is 4.79 Å². The van der Waals surface area contributed by atoms with Gasteiger partial charge in [-0.25, -0.2) is 0 Å². The van der Waals surface area contributed by atoms with Crippen molar-refractivity contribution in [3.8, 4) is 5.75 Å². The number of aryl methyl sites for hydroxylation is 1. The van der Waals surface area contributed by atoms with E-state index >= 15 is 0 Å². The first-order valence-electron chi connectivity index (χ1n) is 6.35. The maximum Gasteiger partial charge on any atom is 0.257 e. The summed E-state index contributed by atoms with van der Waals surface area (Å²) in [4.78, 5) is 11.5. The van der Waals surface area contributed by atoms with Crippen molar-refractivity contribution in [2.75, 3.05) is 13.2 Å². The largest absolute Gasteiger partial charge is 0.484 e. The highest BCUT2D eigenvalue weighted by Crippen LogP contribution is 2.22. The van der Waals surface area contributed by atoms with E-state index in [1.165, 1.54) is 0 Å². The lowest BCUT2D eigenvalue weighted by Crippen LogP contribution is -2.29. The Bertz CT molecular complexity index is 393. The van der Waals surface area contributed by atoms with Crippen molar-refractivity contribution >= 4 is 17.5 Å². The second-order valence-corrected chi connectivity index (χ2v) is 4.51. The summed E-state index contributed by atoms with van der Waals surface area (Å²) >= 11 is 6.01. The quantitative estimate of drug-likeness (QED) is 0.772. The number of benzene rings is 1. The maximum absolute atomic E-state index is 11.5. The topological polar surface area (TPSA) is 38.3 Å². The van der Waals surface area contributed by atoms with Crippen LogP contribution in [0, 0.1) is 0 Å². The molecular weight excluding hydrogens is 250 g/mol. The summed E-state index contributed by atoms with van der Waals surface area (Å²) in [5.74, 6) is 0.596. The van der Waals surface area contributed by atoms with Gasteiger partial charge in [0, 0.05) is 11.6 Å². The second-order valence-electron chi connectivity index (χ2n) is 4.10. The van der Waals surface area contributed by atoms with Crippen LogP contribution in [0.1, 0.15) is 32.3 Å². The van der Waals surface area contributed by atoms with Gasteiger partial charge < -0.3 is 10.1 Å². The molecule has 0 spiro atoms. The van der Waals surface area contributed by atoms with Crippen molar-refractivity contribution in [2.45, 2.75) is 33.1 Å². The average Bonchev–Trinajstić information content (AvgIpc) is 2.38. The molecule has 0 aromatic heterocycles. The molecule has 4 heteroatoms. The molecule has 1 aromatic carbocycles. The number of hydrogen-bond acceptors (Lipinski definition) is 2. The SMILES string of the molecule is CCCCNC(=O)COc1ccc(Cl)c(CC)c1. The molecule has 18 heavy (non-hydrogen) atoms. The Morgan fingerprint density at radius 1 is 1.39 bits per heavy atom. The molecule has 100 valence electrons. The van der Waals surface area contributed by atoms with Gasteiger partial charge in [-0.1, -0.05) is 31.9 Å². The van der Waals surface area contributed by atoms with Gasteiger partial charge in [-0.05, 0) is 36.6 Å². The Balaban J connectivity index is 2.41. The van der Waals surface area contributed by atoms with E-state index in [1.807, 2.05) is 13.0 Å². The number of hydrogen-bond donors (Lipinski definition) is 1. The molecular formula is C14H20ClNO2. The molecule has 3 nitrogen and oxygen atoms in total. The summed E-state index contributed by atoms with van der Waals surface area (Å²) in [7, 11) is 0. The number of halogens is 1. The fourth-order valence-corrected chi connectivity index (χ4v) is 1.77. The van der Waals surface area contributed by atoms with Crippen LogP contribution >= 0.6 is 11.6 Å². The number of ether oxygens (including phenoxy) is 1. The maximum atomic E-state index is 11.5. The minimum absolute atomic E-state index is 0.0501. The van der Waals surface area contributed by atoms with E-state index in [0.717, 1.165) is 29.8 Å². The number of carbonyl (C=O) groups excluding carboxylic acids is 1. The van der Waals surface area contributed by atoms with E-state index in [-0.39, 0.29) is 12.5 Å². The summed E-state index contributed by atoms with van der Waals surface area (Å²) in [6.07, 6.45) is 2.91. The molecule has 0 fully saturated rings. The highest BCUT2D eigenvalue weighted by molar-refractivity contribution is 6.31. The van der Waals surface area contributed by atoms with Gasteiger partial charge in [-0.15, -0.1) is 0 Å². The number of amides is 1. The first kappa shape index (κ1) is 14.8. The molecule has 1 N–H and O–H groups in total. The summed E-state index contributed by atoms with van der Waals surface area (Å²) in [6, 6.07) is 5.45. The number of carbonyl (C=O) groups is 1. The molecule has 0 aliphatic heterocycles. The zero-order valence-electron chi connectivity index (χ0n) is 11.0. The molecule has 0 radical (unpaired) electrons. The fourth-order valence-electron chi connectivity index (χ4n) is 1.52. The average molecular weight is 270 g/mol. The van der Waals surface area contributed by atoms with E-state index in [0.29, 0.717) is 12.3 Å². The third-order valence-electron chi connectivity index (χ3n) is 2.62. The van der Waals surface area contributed by atoms with Crippen molar-refractivity contribution in [1.82, 2.24) is 5.32 Å². The Morgan fingerprint density at radius 2 is 2.17 bits per heavy atom. The van der Waals surface area contributed by atoms with Crippen LogP contribution in [0.25, 0.3) is 0 Å². The van der Waals surface area contributed by atoms with Crippen LogP contribution in [0.5, 0.6) is 5.75 Å². The summed E-state index contributed by atoms with van der Waals surface area (Å²) in [5, 5.41) is 3.54. The Labute approximate surface area is 113 Å². The zero-order valence-corrected chi connectivity index (χ0v) is 11.7. The predicted molar refractivity (Wildman–Crippen MR) is 74.2 cm³/mol. The monoisotopic (exact) mass is 269 g/mol. The molecule has 1 amide bonds. The van der Waals surface area contributed by atoms with Gasteiger partial charge in [0.25, 0.3) is 5.91 Å². The van der Waals surface area contributed by atoms with Crippen molar-refractivity contribution in [3.05, 3.63) is 28.8 Å². The Kier molecular flexibility index (Phi) is 6.58. The number of unbranched alkanes of at least 4 members (excludes halogenated alkanes) is 1. The lowest BCUT2D eigenvalue weighted by Gasteiger charge is -2.09. The lowest BCUT2D eigenvalue weighted by atomic mass is 10.1. The molecule has 0 saturated carbocycles. The van der Waals surface area contributed by atoms with Gasteiger partial charge in [-0.2, -0.15) is 0 Å². The smallest absolute Gasteiger partial charge is 0.257 e. The molecule has 0 atom stereocenters. The standard InChI is InChI=1S/C14H20ClNO2/c1-3-5-8-16-14(17)10-18-12-6-7-13(15)11(4-2)9-12/h6-7,9H,3-5,8,10H2,1-2H3,(H,16,17). The van der Waals surface area contributed by atoms with Gasteiger partial charge >= 0.3 is 0 Å². The highest BCUT2D eigenvalue weighted by Gasteiger charge is 2.04. The summed E-state index contributed by atoms with van der Waals surface area (Å²) in [6.45, 7) is 4.87. The van der Waals surface area contributed by atoms with Gasteiger partial charge in [0.1, 0.15) is 5.75 Å². The van der Waals surface area contributed by atoms with E-state index in [4.69, 9.17) is 16.3 Å². The third kappa shape index (κ3) is 4.96. The molecule has 0 unspecified atom stereocenters. The number of rotatable bonds is 7. The van der Waals surface area contributed by atoms with E-state index in [1.54, 1.807) is 12.1 Å². The van der Waals surface area contributed by atoms with Gasteiger partial charge in [0.2, 0.25) is 0 Å². The van der Waals surface area contributed by atoms with Crippen molar-refractivity contribution < 1.29 is 9.53 Å². The first-order valence-corrected chi connectivity index (χ1v) is 6.73. The molecule has 0 saturated heterocycles. The minimum Gasteiger partial charge on any atom is -0.484 e. The summed E-state index contributed by atoms with van der Waals surface area (Å²) in [5.41, 5.74) is 1.03. The summed E-state index contributed by atoms with van der Waals surface area (Å²) < 4.78 is 5.43. The van der Waals surface area contributed by atoms with E-state index in [2.05, 4.69) is 12.2 Å². The molecule has 0 aliphatic rings. The normalized spacial score (nSPS) is 10.2. The molecule has 1 aromatic rings. The Morgan fingerprint density at radius 3 is 2.83 bits per heavy atom. The van der Waals surface area contributed by atoms with Crippen LogP contribution in [0.4, 0.5) is 0 Å². The molecule has 0 bridgehead atoms. The minimum atomic E-state index is -0.0866. The van der Waals surface area contributed by atoms with Crippen LogP contribution in [0.15, 0.2) is 18.2 Å². The van der Waals surface area contributed by atoms with Crippen LogP contribution in [-0.2, 0) is 11.2 Å². The van der Waals surface area contributed by atoms with Gasteiger partial charge in [-0.3, -0.25) is 4.79 Å². The van der Waals surface area contributed by atoms with Crippen LogP contribution in [0.3, 0.4) is 0 Å². The van der Waals surface area contributed by atoms with Crippen molar-refractivity contribution in [2.24, 2.45) is 0 Å². The van der Waals surface area contributed by atoms with Crippen molar-refractivity contribution in [3.63, 3.8) is 0 Å². The third-order valence-corrected chi connectivity index (χ3v) is 2.99. The Hall–Kier alpha value is -1.22. The van der Waals surface area contributed by atoms with Crippen LogP contribution in [0.2, 0.25) is 5.02 Å². The van der Waals surface area contributed by atoms with Gasteiger partial charge in [0.05, 0.1) is 0 Å². The van der Waals surface area contributed by atoms with Gasteiger partial charge in [0.15, 0.2) is 6.61 Å². The molecule has 1 rings (SSSR count). The number of nitrogens with one attached hydrogen (secondary N) is 1. The molecule has 0 heterocycles. The molecule has 0 aliphatic carbocycles. The van der Waals surface area contributed by atoms with E-state index < -0.39 is 0 Å². The van der Waals surface area contributed by atoms with Crippen molar-refractivity contribution in [1.29, 1.82) is 0 Å². The fraction of sp³-hybridized carbons (Fsp3) is 0.500. The lowest BCUT2D eigenvalue weighted by molar-refractivity contribution is -0.123.